The summed E-state index contributed by atoms with van der Waals surface area (Å²) in [5, 5.41) is 26.1. The quantitative estimate of drug-likeness (QED) is 0.170. The molecule has 16 heteroatoms. The van der Waals surface area contributed by atoms with Crippen LogP contribution in [0.25, 0.3) is 0 Å². The summed E-state index contributed by atoms with van der Waals surface area (Å²) in [5.74, 6) is -5.82. The highest BCUT2D eigenvalue weighted by atomic mass is 32.2. The van der Waals surface area contributed by atoms with E-state index in [0.29, 0.717) is 17.3 Å². The molecule has 6 N–H and O–H groups in total. The van der Waals surface area contributed by atoms with Crippen LogP contribution in [0.2, 0.25) is 0 Å². The van der Waals surface area contributed by atoms with Crippen LogP contribution in [-0.4, -0.2) is 103 Å². The minimum absolute atomic E-state index is 0.0127. The summed E-state index contributed by atoms with van der Waals surface area (Å²) in [5.41, 5.74) is 3.74. The molecule has 282 valence electrons. The van der Waals surface area contributed by atoms with E-state index in [1.165, 1.54) is 53.4 Å². The lowest BCUT2D eigenvalue weighted by atomic mass is 9.85. The Kier molecular flexibility index (Phi) is 15.8. The van der Waals surface area contributed by atoms with Crippen LogP contribution in [0.1, 0.15) is 54.4 Å². The summed E-state index contributed by atoms with van der Waals surface area (Å²) in [6.45, 7) is 9.09. The average Bonchev–Trinajstić information content (AvgIpc) is 3.05. The van der Waals surface area contributed by atoms with Gasteiger partial charge in [-0.15, -0.1) is 11.8 Å². The van der Waals surface area contributed by atoms with Crippen molar-refractivity contribution in [2.75, 3.05) is 27.1 Å². The molecule has 0 aromatic rings. The van der Waals surface area contributed by atoms with Crippen molar-refractivity contribution in [2.24, 2.45) is 17.6 Å². The van der Waals surface area contributed by atoms with Gasteiger partial charge in [-0.25, -0.2) is 9.59 Å². The van der Waals surface area contributed by atoms with Crippen molar-refractivity contribution in [3.63, 3.8) is 0 Å². The van der Waals surface area contributed by atoms with E-state index in [4.69, 9.17) is 24.7 Å². The number of allylic oxidation sites excluding steroid dienone is 4. The molecule has 0 aromatic heterocycles. The molecule has 1 aliphatic heterocycles. The second-order valence-electron chi connectivity index (χ2n) is 12.8. The molecule has 2 aliphatic rings. The number of carbonyl (C=O) groups is 6. The summed E-state index contributed by atoms with van der Waals surface area (Å²) < 4.78 is 22.0. The number of nitrogens with one attached hydrogen (secondary N) is 2. The number of nitrogens with two attached hydrogens (primary N) is 1. The van der Waals surface area contributed by atoms with E-state index in [0.717, 1.165) is 6.92 Å². The van der Waals surface area contributed by atoms with Crippen LogP contribution in [0.15, 0.2) is 57.4 Å². The summed E-state index contributed by atoms with van der Waals surface area (Å²) in [7, 11) is 4.04. The van der Waals surface area contributed by atoms with Crippen molar-refractivity contribution in [1.29, 1.82) is 0 Å². The first-order chi connectivity index (χ1) is 23.8. The van der Waals surface area contributed by atoms with Gasteiger partial charge in [-0.05, 0) is 45.1 Å². The number of methoxy groups -OCH3 is 3. The van der Waals surface area contributed by atoms with Gasteiger partial charge in [-0.3, -0.25) is 19.2 Å². The lowest BCUT2D eigenvalue weighted by Crippen LogP contribution is -2.53. The summed E-state index contributed by atoms with van der Waals surface area (Å²) >= 11 is 0.674. The number of rotatable bonds is 9. The van der Waals surface area contributed by atoms with Crippen LogP contribution in [0, 0.1) is 11.8 Å². The van der Waals surface area contributed by atoms with Gasteiger partial charge < -0.3 is 45.5 Å². The minimum atomic E-state index is -1.84. The smallest absolute Gasteiger partial charge is 0.405 e. The third-order valence-corrected chi connectivity index (χ3v) is 9.89. The Balaban J connectivity index is 2.78. The number of ether oxygens (including phenoxy) is 4. The Hall–Kier alpha value is -4.25. The first-order valence-electron chi connectivity index (χ1n) is 16.1. The lowest BCUT2D eigenvalue weighted by Gasteiger charge is -2.30. The highest BCUT2D eigenvalue weighted by molar-refractivity contribution is 8.04. The fraction of sp³-hybridized carbons (Fsp3) is 0.543. The number of primary amides is 1. The van der Waals surface area contributed by atoms with Crippen molar-refractivity contribution >= 4 is 47.2 Å². The molecule has 51 heavy (non-hydrogen) atoms. The number of amides is 3. The molecule has 2 bridgehead atoms. The van der Waals surface area contributed by atoms with Gasteiger partial charge in [0, 0.05) is 44.0 Å². The lowest BCUT2D eigenvalue weighted by molar-refractivity contribution is -0.145. The predicted octanol–water partition coefficient (Wildman–Crippen LogP) is 2.45. The molecule has 7 atom stereocenters. The van der Waals surface area contributed by atoms with Crippen LogP contribution in [0.4, 0.5) is 4.79 Å². The van der Waals surface area contributed by atoms with Gasteiger partial charge in [-0.2, -0.15) is 0 Å². The SMILES string of the molecule is COC1=C2C[C@@H](C)C[C@H](OC)[C@H](O)[C@@H](C)C=C(C)[C@H](OC(N)=O)[C@@H](OC)C=CC=C(C)C(=O)NC(=C(SC[C@](C)(NC(C)=O)C(=O)O)C1=O)C2=O. The summed E-state index contributed by atoms with van der Waals surface area (Å²) in [6, 6.07) is 0. The average molecular weight is 736 g/mol. The van der Waals surface area contributed by atoms with E-state index in [1.807, 2.05) is 0 Å². The van der Waals surface area contributed by atoms with E-state index in [-0.39, 0.29) is 52.0 Å². The highest BCUT2D eigenvalue weighted by Crippen LogP contribution is 2.36. The van der Waals surface area contributed by atoms with Gasteiger partial charge >= 0.3 is 12.1 Å². The van der Waals surface area contributed by atoms with Crippen LogP contribution in [0.3, 0.4) is 0 Å². The topological polar surface area (TPSA) is 230 Å². The highest BCUT2D eigenvalue weighted by Gasteiger charge is 2.41. The molecular formula is C35H49N3O12S. The second-order valence-corrected chi connectivity index (χ2v) is 13.8. The number of aliphatic hydroxyl groups is 1. The number of aliphatic hydroxyl groups excluding tert-OH is 1. The van der Waals surface area contributed by atoms with Crippen molar-refractivity contribution in [2.45, 2.75) is 84.3 Å². The van der Waals surface area contributed by atoms with E-state index in [9.17, 15) is 39.0 Å². The van der Waals surface area contributed by atoms with E-state index < -0.39 is 71.3 Å². The Morgan fingerprint density at radius 1 is 1.10 bits per heavy atom. The molecule has 0 unspecified atom stereocenters. The number of hydrogen-bond acceptors (Lipinski definition) is 12. The summed E-state index contributed by atoms with van der Waals surface area (Å²) in [6.07, 6.45) is 1.60. The normalized spacial score (nSPS) is 26.8. The van der Waals surface area contributed by atoms with Gasteiger partial charge in [0.05, 0.1) is 24.2 Å². The maximum absolute atomic E-state index is 14.2. The number of aliphatic carboxylic acids is 1. The standard InChI is InChI=1S/C35H49N3O12S/c1-17-13-22-27(41)25(31(28(42)30(22)49-9)51-16-35(6,33(44)45)38-21(5)39)37-32(43)18(2)11-10-12-23(47-7)29(50-34(36)46)20(4)15-19(3)26(40)24(14-17)48-8/h10-12,15,17,19,23-24,26,29,40H,13-14,16H2,1-9H3,(H2,36,46)(H,37,43)(H,38,39)(H,44,45)/t17-,19+,23+,24+,26-,29+,35+/m1/s1. The van der Waals surface area contributed by atoms with Crippen molar-refractivity contribution in [3.05, 3.63) is 57.4 Å². The number of hydrogen-bond donors (Lipinski definition) is 5. The fourth-order valence-corrected chi connectivity index (χ4v) is 6.85. The van der Waals surface area contributed by atoms with Gasteiger partial charge in [0.1, 0.15) is 17.3 Å². The molecule has 2 rings (SSSR count). The van der Waals surface area contributed by atoms with Crippen LogP contribution in [-0.2, 0) is 42.9 Å². The molecule has 1 aliphatic carbocycles. The molecule has 15 nitrogen and oxygen atoms in total. The van der Waals surface area contributed by atoms with Crippen molar-refractivity contribution in [3.8, 4) is 0 Å². The van der Waals surface area contributed by atoms with Gasteiger partial charge in [0.15, 0.2) is 11.9 Å². The maximum Gasteiger partial charge on any atom is 0.405 e. The molecule has 3 amide bonds. The zero-order chi connectivity index (χ0) is 38.8. The zero-order valence-corrected chi connectivity index (χ0v) is 31.2. The Bertz CT molecular complexity index is 1550. The molecule has 0 fully saturated rings. The van der Waals surface area contributed by atoms with Crippen molar-refractivity contribution < 1.29 is 57.9 Å². The predicted molar refractivity (Wildman–Crippen MR) is 188 cm³/mol. The van der Waals surface area contributed by atoms with E-state index in [2.05, 4.69) is 10.6 Å². The Morgan fingerprint density at radius 2 is 1.75 bits per heavy atom. The van der Waals surface area contributed by atoms with Gasteiger partial charge in [-0.1, -0.05) is 38.2 Å². The first-order valence-corrected chi connectivity index (χ1v) is 17.1. The fourth-order valence-electron chi connectivity index (χ4n) is 5.71. The number of carbonyl (C=O) groups excluding carboxylic acids is 5. The third kappa shape index (κ3) is 11.1. The van der Waals surface area contributed by atoms with Crippen LogP contribution in [0.5, 0.6) is 0 Å². The number of carboxylic acids is 1. The maximum atomic E-state index is 14.2. The van der Waals surface area contributed by atoms with Crippen molar-refractivity contribution in [1.82, 2.24) is 10.6 Å². The second kappa shape index (κ2) is 18.8. The number of Topliss-reactive ketones (excluding diaryl/α,β-unsaturated/α-hetero) is 2. The molecule has 0 spiro atoms. The summed E-state index contributed by atoms with van der Waals surface area (Å²) in [4.78, 5) is 77.1. The van der Waals surface area contributed by atoms with E-state index >= 15 is 0 Å². The zero-order valence-electron chi connectivity index (χ0n) is 30.4. The molecule has 0 aromatic carbocycles. The number of carboxylic acid groups (broad SMARTS) is 1. The Labute approximate surface area is 301 Å². The monoisotopic (exact) mass is 735 g/mol. The van der Waals surface area contributed by atoms with Gasteiger partial charge in [0.25, 0.3) is 5.91 Å². The van der Waals surface area contributed by atoms with E-state index in [1.54, 1.807) is 26.8 Å². The number of thioether (sulfide) groups is 1. The Morgan fingerprint density at radius 3 is 2.27 bits per heavy atom. The largest absolute Gasteiger partial charge is 0.492 e. The first kappa shape index (κ1) is 42.9. The van der Waals surface area contributed by atoms with Crippen LogP contribution >= 0.6 is 11.8 Å². The molecule has 1 heterocycles. The molecule has 0 saturated heterocycles. The molecule has 0 radical (unpaired) electrons. The molecule has 0 saturated carbocycles. The van der Waals surface area contributed by atoms with Crippen LogP contribution < -0.4 is 16.4 Å². The third-order valence-electron chi connectivity index (χ3n) is 8.49. The number of ketones is 2. The number of fused-ring (bicyclic) bond motifs is 2. The molecular weight excluding hydrogens is 686 g/mol. The minimum Gasteiger partial charge on any atom is -0.492 e. The van der Waals surface area contributed by atoms with Gasteiger partial charge in [0.2, 0.25) is 17.5 Å².